The van der Waals surface area contributed by atoms with E-state index in [9.17, 15) is 14.0 Å². The molecule has 27 heavy (non-hydrogen) atoms. The Kier molecular flexibility index (Phi) is 6.42. The molecule has 1 aliphatic rings. The van der Waals surface area contributed by atoms with Gasteiger partial charge in [-0.15, -0.1) is 0 Å². The molecule has 0 bridgehead atoms. The number of hydrogen-bond donors (Lipinski definition) is 0. The maximum absolute atomic E-state index is 12.9. The Hall–Kier alpha value is -2.44. The summed E-state index contributed by atoms with van der Waals surface area (Å²) in [6.45, 7) is 2.53. The van der Waals surface area contributed by atoms with Crippen molar-refractivity contribution < 1.29 is 18.7 Å². The highest BCUT2D eigenvalue weighted by Crippen LogP contribution is 2.15. The first kappa shape index (κ1) is 19.3. The van der Waals surface area contributed by atoms with E-state index in [4.69, 9.17) is 16.3 Å². The second-order valence-corrected chi connectivity index (χ2v) is 6.77. The van der Waals surface area contributed by atoms with Crippen molar-refractivity contribution in [1.29, 1.82) is 0 Å². The van der Waals surface area contributed by atoms with Crippen LogP contribution in [0.2, 0.25) is 5.02 Å². The van der Waals surface area contributed by atoms with E-state index in [2.05, 4.69) is 0 Å². The van der Waals surface area contributed by atoms with E-state index in [1.54, 1.807) is 29.2 Å². The predicted octanol–water partition coefficient (Wildman–Crippen LogP) is 2.89. The lowest BCUT2D eigenvalue weighted by Crippen LogP contribution is -2.51. The Labute approximate surface area is 162 Å². The topological polar surface area (TPSA) is 49.9 Å². The normalized spacial score (nSPS) is 14.8. The van der Waals surface area contributed by atoms with Crippen LogP contribution in [0.3, 0.4) is 0 Å². The molecule has 1 heterocycles. The fourth-order valence-corrected chi connectivity index (χ4v) is 2.98. The van der Waals surface area contributed by atoms with Gasteiger partial charge in [0.1, 0.15) is 11.6 Å². The van der Waals surface area contributed by atoms with Gasteiger partial charge in [0, 0.05) is 36.8 Å². The molecule has 1 saturated heterocycles. The molecule has 5 nitrogen and oxygen atoms in total. The van der Waals surface area contributed by atoms with Gasteiger partial charge in [-0.05, 0) is 48.5 Å². The van der Waals surface area contributed by atoms with Crippen LogP contribution in [0.25, 0.3) is 0 Å². The molecular formula is C20H20ClFN2O3. The molecule has 0 radical (unpaired) electrons. The van der Waals surface area contributed by atoms with Crippen molar-refractivity contribution in [2.75, 3.05) is 39.3 Å². The molecule has 2 aromatic carbocycles. The van der Waals surface area contributed by atoms with Gasteiger partial charge in [-0.2, -0.15) is 0 Å². The fraction of sp³-hybridized carbons (Fsp3) is 0.300. The number of ketones is 1. The van der Waals surface area contributed by atoms with Gasteiger partial charge in [0.2, 0.25) is 0 Å². The largest absolute Gasteiger partial charge is 0.484 e. The van der Waals surface area contributed by atoms with E-state index in [1.807, 2.05) is 4.90 Å². The third-order valence-corrected chi connectivity index (χ3v) is 4.69. The summed E-state index contributed by atoms with van der Waals surface area (Å²) in [5.41, 5.74) is 0.492. The summed E-state index contributed by atoms with van der Waals surface area (Å²) in [5, 5.41) is 0.611. The maximum atomic E-state index is 12.9. The fourth-order valence-electron chi connectivity index (χ4n) is 2.85. The molecule has 0 N–H and O–H groups in total. The van der Waals surface area contributed by atoms with Crippen molar-refractivity contribution in [1.82, 2.24) is 9.80 Å². The van der Waals surface area contributed by atoms with Crippen molar-refractivity contribution >= 4 is 23.3 Å². The molecule has 3 rings (SSSR count). The van der Waals surface area contributed by atoms with Crippen LogP contribution >= 0.6 is 11.6 Å². The maximum Gasteiger partial charge on any atom is 0.260 e. The lowest BCUT2D eigenvalue weighted by Gasteiger charge is -2.34. The van der Waals surface area contributed by atoms with E-state index in [0.29, 0.717) is 42.5 Å². The van der Waals surface area contributed by atoms with Crippen LogP contribution in [0.15, 0.2) is 48.5 Å². The van der Waals surface area contributed by atoms with Gasteiger partial charge in [0.25, 0.3) is 5.91 Å². The number of rotatable bonds is 6. The summed E-state index contributed by atoms with van der Waals surface area (Å²) in [6.07, 6.45) is 0. The average Bonchev–Trinajstić information content (AvgIpc) is 2.68. The minimum atomic E-state index is -0.362. The standard InChI is InChI=1S/C20H20ClFN2O3/c21-16-3-7-18(8-4-16)27-14-20(26)24-11-9-23(10-12-24)13-19(25)15-1-5-17(22)6-2-15/h1-8H,9-14H2. The quantitative estimate of drug-likeness (QED) is 0.712. The molecule has 0 saturated carbocycles. The summed E-state index contributed by atoms with van der Waals surface area (Å²) in [5.74, 6) is 0.0890. The van der Waals surface area contributed by atoms with Crippen LogP contribution in [0.4, 0.5) is 4.39 Å². The molecule has 0 atom stereocenters. The zero-order valence-electron chi connectivity index (χ0n) is 14.7. The number of carbonyl (C=O) groups is 2. The number of Topliss-reactive ketones (excluding diaryl/α,β-unsaturated/α-hetero) is 1. The van der Waals surface area contributed by atoms with Gasteiger partial charge < -0.3 is 9.64 Å². The van der Waals surface area contributed by atoms with Crippen molar-refractivity contribution in [3.63, 3.8) is 0 Å². The van der Waals surface area contributed by atoms with Crippen molar-refractivity contribution in [3.05, 3.63) is 64.9 Å². The summed E-state index contributed by atoms with van der Waals surface area (Å²) < 4.78 is 18.4. The minimum absolute atomic E-state index is 0.0316. The lowest BCUT2D eigenvalue weighted by atomic mass is 10.1. The number of carbonyl (C=O) groups excluding carboxylic acids is 2. The third-order valence-electron chi connectivity index (χ3n) is 4.43. The molecule has 1 amide bonds. The highest BCUT2D eigenvalue weighted by atomic mass is 35.5. The number of hydrogen-bond acceptors (Lipinski definition) is 4. The van der Waals surface area contributed by atoms with Gasteiger partial charge in [0.15, 0.2) is 12.4 Å². The molecule has 1 fully saturated rings. The zero-order valence-corrected chi connectivity index (χ0v) is 15.5. The predicted molar refractivity (Wildman–Crippen MR) is 101 cm³/mol. The van der Waals surface area contributed by atoms with Crippen LogP contribution in [-0.4, -0.2) is 60.8 Å². The molecule has 1 aliphatic heterocycles. The van der Waals surface area contributed by atoms with Crippen LogP contribution in [0, 0.1) is 5.82 Å². The summed E-state index contributed by atoms with van der Waals surface area (Å²) in [7, 11) is 0. The van der Waals surface area contributed by atoms with Crippen LogP contribution in [-0.2, 0) is 4.79 Å². The molecule has 0 aromatic heterocycles. The monoisotopic (exact) mass is 390 g/mol. The van der Waals surface area contributed by atoms with E-state index < -0.39 is 0 Å². The molecular weight excluding hydrogens is 371 g/mol. The SMILES string of the molecule is O=C(CN1CCN(C(=O)COc2ccc(Cl)cc2)CC1)c1ccc(F)cc1. The van der Waals surface area contributed by atoms with Gasteiger partial charge in [-0.3, -0.25) is 14.5 Å². The summed E-state index contributed by atoms with van der Waals surface area (Å²) >= 11 is 5.82. The first-order valence-corrected chi connectivity index (χ1v) is 9.06. The number of nitrogens with zero attached hydrogens (tertiary/aromatic N) is 2. The van der Waals surface area contributed by atoms with Gasteiger partial charge in [-0.1, -0.05) is 11.6 Å². The first-order chi connectivity index (χ1) is 13.0. The van der Waals surface area contributed by atoms with Gasteiger partial charge >= 0.3 is 0 Å². The van der Waals surface area contributed by atoms with E-state index in [0.717, 1.165) is 0 Å². The Morgan fingerprint density at radius 2 is 1.59 bits per heavy atom. The lowest BCUT2D eigenvalue weighted by molar-refractivity contribution is -0.135. The summed E-state index contributed by atoms with van der Waals surface area (Å²) in [4.78, 5) is 28.2. The number of piperazine rings is 1. The molecule has 0 aliphatic carbocycles. The molecule has 2 aromatic rings. The number of amides is 1. The molecule has 0 unspecified atom stereocenters. The Morgan fingerprint density at radius 3 is 2.22 bits per heavy atom. The average molecular weight is 391 g/mol. The molecule has 142 valence electrons. The van der Waals surface area contributed by atoms with Gasteiger partial charge in [-0.25, -0.2) is 4.39 Å². The molecule has 7 heteroatoms. The molecule has 0 spiro atoms. The minimum Gasteiger partial charge on any atom is -0.484 e. The number of ether oxygens (including phenoxy) is 1. The van der Waals surface area contributed by atoms with Crippen molar-refractivity contribution in [2.45, 2.75) is 0 Å². The Bertz CT molecular complexity index is 788. The van der Waals surface area contributed by atoms with Crippen LogP contribution in [0.5, 0.6) is 5.75 Å². The number of halogens is 2. The second kappa shape index (κ2) is 8.97. The smallest absolute Gasteiger partial charge is 0.260 e. The van der Waals surface area contributed by atoms with Crippen LogP contribution < -0.4 is 4.74 Å². The Morgan fingerprint density at radius 1 is 0.963 bits per heavy atom. The van der Waals surface area contributed by atoms with E-state index in [-0.39, 0.29) is 30.7 Å². The summed E-state index contributed by atoms with van der Waals surface area (Å²) in [6, 6.07) is 12.4. The highest BCUT2D eigenvalue weighted by Gasteiger charge is 2.23. The first-order valence-electron chi connectivity index (χ1n) is 8.68. The zero-order chi connectivity index (χ0) is 19.2. The van der Waals surface area contributed by atoms with Gasteiger partial charge in [0.05, 0.1) is 6.54 Å². The Balaban J connectivity index is 1.42. The third kappa shape index (κ3) is 5.52. The van der Waals surface area contributed by atoms with E-state index >= 15 is 0 Å². The second-order valence-electron chi connectivity index (χ2n) is 6.33. The van der Waals surface area contributed by atoms with Crippen LogP contribution in [0.1, 0.15) is 10.4 Å². The highest BCUT2D eigenvalue weighted by molar-refractivity contribution is 6.30. The van der Waals surface area contributed by atoms with Crippen molar-refractivity contribution in [3.8, 4) is 5.75 Å². The van der Waals surface area contributed by atoms with Crippen molar-refractivity contribution in [2.24, 2.45) is 0 Å². The van der Waals surface area contributed by atoms with E-state index in [1.165, 1.54) is 24.3 Å². The number of benzene rings is 2.